The summed E-state index contributed by atoms with van der Waals surface area (Å²) < 4.78 is 36.0. The van der Waals surface area contributed by atoms with Crippen molar-refractivity contribution in [2.45, 2.75) is 18.7 Å². The first-order valence-corrected chi connectivity index (χ1v) is 12.9. The smallest absolute Gasteiger partial charge is 0.387 e. The van der Waals surface area contributed by atoms with Crippen molar-refractivity contribution in [1.82, 2.24) is 14.8 Å². The van der Waals surface area contributed by atoms with Crippen molar-refractivity contribution in [3.63, 3.8) is 0 Å². The molecule has 0 saturated carbocycles. The molecule has 1 N–H and O–H groups in total. The van der Waals surface area contributed by atoms with Gasteiger partial charge in [0.05, 0.1) is 12.4 Å². The third-order valence-electron chi connectivity index (χ3n) is 5.11. The van der Waals surface area contributed by atoms with Crippen LogP contribution in [0.5, 0.6) is 5.75 Å². The second kappa shape index (κ2) is 12.0. The van der Waals surface area contributed by atoms with E-state index in [-0.39, 0.29) is 24.0 Å². The van der Waals surface area contributed by atoms with Gasteiger partial charge >= 0.3 is 12.6 Å². The molecule has 4 aromatic rings. The van der Waals surface area contributed by atoms with Crippen LogP contribution in [-0.4, -0.2) is 45.6 Å². The van der Waals surface area contributed by atoms with Crippen LogP contribution in [0.4, 0.5) is 13.8 Å². The van der Waals surface area contributed by atoms with Crippen molar-refractivity contribution in [3.05, 3.63) is 65.5 Å². The monoisotopic (exact) mass is 544 g/mol. The number of carbonyl (C=O) groups is 2. The topological polar surface area (TPSA) is 95.3 Å². The van der Waals surface area contributed by atoms with Crippen molar-refractivity contribution in [2.75, 3.05) is 17.7 Å². The first kappa shape index (κ1) is 26.3. The summed E-state index contributed by atoms with van der Waals surface area (Å²) in [5, 5.41) is 13.8. The Hall–Kier alpha value is -3.77. The van der Waals surface area contributed by atoms with E-state index >= 15 is 0 Å². The van der Waals surface area contributed by atoms with Crippen LogP contribution < -0.4 is 10.1 Å². The van der Waals surface area contributed by atoms with E-state index in [1.807, 2.05) is 35.7 Å². The maximum Gasteiger partial charge on any atom is 0.387 e. The van der Waals surface area contributed by atoms with Gasteiger partial charge in [0.15, 0.2) is 11.0 Å². The Balaban J connectivity index is 1.45. The Morgan fingerprint density at radius 2 is 1.81 bits per heavy atom. The number of aromatic nitrogens is 3. The number of rotatable bonds is 10. The molecule has 0 radical (unpaired) electrons. The van der Waals surface area contributed by atoms with E-state index in [9.17, 15) is 18.4 Å². The highest BCUT2D eigenvalue weighted by molar-refractivity contribution is 7.99. The second-order valence-corrected chi connectivity index (χ2v) is 9.37. The summed E-state index contributed by atoms with van der Waals surface area (Å²) >= 11 is 2.42. The van der Waals surface area contributed by atoms with E-state index in [2.05, 4.69) is 20.3 Å². The van der Waals surface area contributed by atoms with Gasteiger partial charge in [-0.05, 0) is 36.8 Å². The van der Waals surface area contributed by atoms with E-state index in [4.69, 9.17) is 4.74 Å². The van der Waals surface area contributed by atoms with Crippen LogP contribution in [-0.2, 0) is 16.6 Å². The number of carbonyl (C=O) groups excluding carboxylic acids is 2. The molecule has 2 heterocycles. The van der Waals surface area contributed by atoms with Gasteiger partial charge in [-0.2, -0.15) is 8.78 Å². The number of thiophene rings is 1. The van der Waals surface area contributed by atoms with Gasteiger partial charge < -0.3 is 19.4 Å². The number of anilines is 1. The van der Waals surface area contributed by atoms with Crippen molar-refractivity contribution >= 4 is 40.0 Å². The summed E-state index contributed by atoms with van der Waals surface area (Å²) in [5.41, 5.74) is 2.50. The molecule has 2 aromatic carbocycles. The Bertz CT molecular complexity index is 1380. The van der Waals surface area contributed by atoms with Crippen LogP contribution in [0.1, 0.15) is 17.3 Å². The number of halogens is 2. The quantitative estimate of drug-likeness (QED) is 0.202. The molecule has 0 saturated heterocycles. The molecule has 192 valence electrons. The standard InChI is InChI=1S/C25H22F2N4O4S2/c1-3-34-23(33)20-18(15-7-5-4-6-8-15)13-36-22(20)28-19(32)14-37-25-30-29-21(31(25)2)16-9-11-17(12-10-16)35-24(26)27/h4-13,24H,3,14H2,1-2H3,(H,28,32). The molecule has 12 heteroatoms. The molecule has 0 bridgehead atoms. The number of hydrogen-bond acceptors (Lipinski definition) is 8. The van der Waals surface area contributed by atoms with Crippen molar-refractivity contribution < 1.29 is 27.8 Å². The molecule has 8 nitrogen and oxygen atoms in total. The maximum atomic E-state index is 12.8. The first-order chi connectivity index (χ1) is 17.9. The largest absolute Gasteiger partial charge is 0.462 e. The third-order valence-corrected chi connectivity index (χ3v) is 7.03. The fraction of sp³-hybridized carbons (Fsp3) is 0.200. The number of hydrogen-bond donors (Lipinski definition) is 1. The molecule has 0 fully saturated rings. The Kier molecular flexibility index (Phi) is 8.51. The van der Waals surface area contributed by atoms with Crippen LogP contribution in [0.15, 0.2) is 65.1 Å². The highest BCUT2D eigenvalue weighted by atomic mass is 32.2. The predicted octanol–water partition coefficient (Wildman–Crippen LogP) is 5.72. The van der Waals surface area contributed by atoms with Crippen LogP contribution in [0.2, 0.25) is 0 Å². The molecule has 0 spiro atoms. The van der Waals surface area contributed by atoms with Gasteiger partial charge in [-0.3, -0.25) is 4.79 Å². The number of amides is 1. The average molecular weight is 545 g/mol. The van der Waals surface area contributed by atoms with Gasteiger partial charge in [0.2, 0.25) is 5.91 Å². The summed E-state index contributed by atoms with van der Waals surface area (Å²) in [6.45, 7) is -0.965. The summed E-state index contributed by atoms with van der Waals surface area (Å²) in [6, 6.07) is 15.4. The number of nitrogens with one attached hydrogen (secondary N) is 1. The first-order valence-electron chi connectivity index (χ1n) is 11.1. The number of ether oxygens (including phenoxy) is 2. The van der Waals surface area contributed by atoms with Gasteiger partial charge in [-0.1, -0.05) is 42.1 Å². The highest BCUT2D eigenvalue weighted by Crippen LogP contribution is 2.36. The number of esters is 1. The van der Waals surface area contributed by atoms with E-state index in [1.54, 1.807) is 30.7 Å². The number of alkyl halides is 2. The number of benzene rings is 2. The summed E-state index contributed by atoms with van der Waals surface area (Å²) in [7, 11) is 1.74. The Morgan fingerprint density at radius 3 is 2.49 bits per heavy atom. The summed E-state index contributed by atoms with van der Waals surface area (Å²) in [4.78, 5) is 25.5. The second-order valence-electron chi connectivity index (χ2n) is 7.54. The minimum Gasteiger partial charge on any atom is -0.462 e. The van der Waals surface area contributed by atoms with Crippen LogP contribution in [0.25, 0.3) is 22.5 Å². The third kappa shape index (κ3) is 6.33. The normalized spacial score (nSPS) is 10.9. The van der Waals surface area contributed by atoms with Crippen LogP contribution >= 0.6 is 23.1 Å². The van der Waals surface area contributed by atoms with Crippen molar-refractivity contribution in [3.8, 4) is 28.3 Å². The molecule has 4 rings (SSSR count). The summed E-state index contributed by atoms with van der Waals surface area (Å²) in [5.74, 6) is -0.266. The van der Waals surface area contributed by atoms with Gasteiger partial charge in [-0.25, -0.2) is 4.79 Å². The zero-order valence-electron chi connectivity index (χ0n) is 19.8. The van der Waals surface area contributed by atoms with E-state index in [1.165, 1.54) is 35.2 Å². The maximum absolute atomic E-state index is 12.8. The molecular formula is C25H22F2N4O4S2. The van der Waals surface area contributed by atoms with Crippen LogP contribution in [0, 0.1) is 0 Å². The highest BCUT2D eigenvalue weighted by Gasteiger charge is 2.23. The van der Waals surface area contributed by atoms with Gasteiger partial charge in [0.1, 0.15) is 16.3 Å². The molecule has 0 aliphatic rings. The lowest BCUT2D eigenvalue weighted by Crippen LogP contribution is -2.16. The molecular weight excluding hydrogens is 522 g/mol. The lowest BCUT2D eigenvalue weighted by molar-refractivity contribution is -0.113. The molecule has 37 heavy (non-hydrogen) atoms. The minimum absolute atomic E-state index is 0.0218. The zero-order valence-corrected chi connectivity index (χ0v) is 21.4. The SMILES string of the molecule is CCOC(=O)c1c(-c2ccccc2)csc1NC(=O)CSc1nnc(-c2ccc(OC(F)F)cc2)n1C. The van der Waals surface area contributed by atoms with E-state index in [0.29, 0.717) is 32.7 Å². The molecule has 0 atom stereocenters. The minimum atomic E-state index is -2.90. The van der Waals surface area contributed by atoms with E-state index < -0.39 is 12.6 Å². The van der Waals surface area contributed by atoms with Gasteiger partial charge in [-0.15, -0.1) is 21.5 Å². The molecule has 0 unspecified atom stereocenters. The predicted molar refractivity (Wildman–Crippen MR) is 138 cm³/mol. The average Bonchev–Trinajstić information content (AvgIpc) is 3.47. The lowest BCUT2D eigenvalue weighted by atomic mass is 10.0. The Morgan fingerprint density at radius 1 is 1.08 bits per heavy atom. The van der Waals surface area contributed by atoms with E-state index in [0.717, 1.165) is 5.56 Å². The number of nitrogens with zero attached hydrogens (tertiary/aromatic N) is 3. The van der Waals surface area contributed by atoms with Gasteiger partial charge in [0.25, 0.3) is 0 Å². The van der Waals surface area contributed by atoms with Crippen LogP contribution in [0.3, 0.4) is 0 Å². The fourth-order valence-corrected chi connectivity index (χ4v) is 5.14. The molecule has 2 aromatic heterocycles. The van der Waals surface area contributed by atoms with Crippen molar-refractivity contribution in [1.29, 1.82) is 0 Å². The lowest BCUT2D eigenvalue weighted by Gasteiger charge is -2.09. The molecule has 0 aliphatic heterocycles. The Labute approximate surface area is 219 Å². The summed E-state index contributed by atoms with van der Waals surface area (Å²) in [6.07, 6.45) is 0. The van der Waals surface area contributed by atoms with Crippen molar-refractivity contribution in [2.24, 2.45) is 7.05 Å². The molecule has 1 amide bonds. The fourth-order valence-electron chi connectivity index (χ4n) is 3.46. The molecule has 0 aliphatic carbocycles. The van der Waals surface area contributed by atoms with Gasteiger partial charge in [0, 0.05) is 23.6 Å². The zero-order chi connectivity index (χ0) is 26.4. The number of thioether (sulfide) groups is 1.